The minimum absolute atomic E-state index is 0.240. The van der Waals surface area contributed by atoms with E-state index in [1.807, 2.05) is 24.3 Å². The van der Waals surface area contributed by atoms with Crippen molar-refractivity contribution in [1.82, 2.24) is 15.0 Å². The molecule has 3 aromatic rings. The van der Waals surface area contributed by atoms with Crippen LogP contribution in [0.3, 0.4) is 0 Å². The molecule has 0 spiro atoms. The zero-order valence-electron chi connectivity index (χ0n) is 11.4. The summed E-state index contributed by atoms with van der Waals surface area (Å²) in [6, 6.07) is 7.63. The van der Waals surface area contributed by atoms with Crippen LogP contribution in [0.2, 0.25) is 0 Å². The first-order valence-electron chi connectivity index (χ1n) is 6.41. The number of hydrogen-bond donors (Lipinski definition) is 2. The van der Waals surface area contributed by atoms with Crippen molar-refractivity contribution in [2.45, 2.75) is 0 Å². The lowest BCUT2D eigenvalue weighted by atomic mass is 10.1. The molecular formula is C15H13N5O. The van der Waals surface area contributed by atoms with Gasteiger partial charge in [0, 0.05) is 18.6 Å². The molecule has 3 rings (SSSR count). The highest BCUT2D eigenvalue weighted by Gasteiger charge is 2.13. The number of anilines is 2. The van der Waals surface area contributed by atoms with E-state index < -0.39 is 0 Å². The number of aromatic nitrogens is 3. The highest BCUT2D eigenvalue weighted by molar-refractivity contribution is 6.14. The van der Waals surface area contributed by atoms with Gasteiger partial charge in [-0.1, -0.05) is 24.3 Å². The van der Waals surface area contributed by atoms with Crippen LogP contribution in [0.15, 0.2) is 49.2 Å². The Morgan fingerprint density at radius 2 is 1.76 bits per heavy atom. The highest BCUT2D eigenvalue weighted by Crippen LogP contribution is 2.24. The molecule has 1 amide bonds. The standard InChI is InChI=1S/C15H13N5O/c1-16-14-12-5-3-2-4-11(12)13(8-19-14)15(21)20-10-6-17-9-18-7-10/h2-9H,1H3,(H,16,19)(H,20,21). The third kappa shape index (κ3) is 2.51. The second kappa shape index (κ2) is 5.54. The summed E-state index contributed by atoms with van der Waals surface area (Å²) in [6.07, 6.45) is 6.06. The summed E-state index contributed by atoms with van der Waals surface area (Å²) in [6.45, 7) is 0. The summed E-state index contributed by atoms with van der Waals surface area (Å²) in [5.41, 5.74) is 1.05. The summed E-state index contributed by atoms with van der Waals surface area (Å²) in [5.74, 6) is 0.501. The molecule has 2 heterocycles. The maximum absolute atomic E-state index is 12.4. The maximum atomic E-state index is 12.4. The van der Waals surface area contributed by atoms with E-state index in [1.54, 1.807) is 25.6 Å². The van der Waals surface area contributed by atoms with E-state index in [0.29, 0.717) is 11.3 Å². The lowest BCUT2D eigenvalue weighted by molar-refractivity contribution is 0.102. The Kier molecular flexibility index (Phi) is 3.42. The van der Waals surface area contributed by atoms with Gasteiger partial charge in [0.15, 0.2) is 0 Å². The zero-order valence-corrected chi connectivity index (χ0v) is 11.4. The number of fused-ring (bicyclic) bond motifs is 1. The quantitative estimate of drug-likeness (QED) is 0.769. The number of nitrogens with one attached hydrogen (secondary N) is 2. The molecule has 0 atom stereocenters. The second-order valence-electron chi connectivity index (χ2n) is 4.40. The minimum Gasteiger partial charge on any atom is -0.373 e. The van der Waals surface area contributed by atoms with Crippen LogP contribution in [-0.4, -0.2) is 27.9 Å². The van der Waals surface area contributed by atoms with Gasteiger partial charge in [0.1, 0.15) is 12.1 Å². The van der Waals surface area contributed by atoms with Crippen molar-refractivity contribution in [2.75, 3.05) is 17.7 Å². The van der Waals surface area contributed by atoms with Crippen molar-refractivity contribution in [3.8, 4) is 0 Å². The van der Waals surface area contributed by atoms with Gasteiger partial charge in [0.05, 0.1) is 23.6 Å². The number of pyridine rings is 1. The van der Waals surface area contributed by atoms with Gasteiger partial charge < -0.3 is 10.6 Å². The largest absolute Gasteiger partial charge is 0.373 e. The van der Waals surface area contributed by atoms with Crippen LogP contribution in [-0.2, 0) is 0 Å². The van der Waals surface area contributed by atoms with Gasteiger partial charge in [-0.3, -0.25) is 4.79 Å². The summed E-state index contributed by atoms with van der Waals surface area (Å²) in [4.78, 5) is 24.4. The summed E-state index contributed by atoms with van der Waals surface area (Å²) >= 11 is 0. The topological polar surface area (TPSA) is 79.8 Å². The molecule has 6 nitrogen and oxygen atoms in total. The molecule has 0 unspecified atom stereocenters. The number of nitrogens with zero attached hydrogens (tertiary/aromatic N) is 3. The molecule has 2 N–H and O–H groups in total. The third-order valence-corrected chi connectivity index (χ3v) is 3.09. The van der Waals surface area contributed by atoms with E-state index in [2.05, 4.69) is 25.6 Å². The number of hydrogen-bond acceptors (Lipinski definition) is 5. The molecule has 0 saturated carbocycles. The van der Waals surface area contributed by atoms with E-state index >= 15 is 0 Å². The number of carbonyl (C=O) groups is 1. The molecule has 0 bridgehead atoms. The number of benzene rings is 1. The van der Waals surface area contributed by atoms with Gasteiger partial charge in [-0.05, 0) is 5.39 Å². The lowest BCUT2D eigenvalue weighted by Crippen LogP contribution is -2.13. The molecule has 0 aliphatic carbocycles. The molecular weight excluding hydrogens is 266 g/mol. The zero-order chi connectivity index (χ0) is 14.7. The van der Waals surface area contributed by atoms with Crippen molar-refractivity contribution in [2.24, 2.45) is 0 Å². The molecule has 0 aliphatic rings. The number of amides is 1. The van der Waals surface area contributed by atoms with E-state index in [9.17, 15) is 4.79 Å². The van der Waals surface area contributed by atoms with Crippen LogP contribution < -0.4 is 10.6 Å². The molecule has 0 radical (unpaired) electrons. The molecule has 6 heteroatoms. The van der Waals surface area contributed by atoms with Crippen LogP contribution in [0, 0.1) is 0 Å². The third-order valence-electron chi connectivity index (χ3n) is 3.09. The fraction of sp³-hybridized carbons (Fsp3) is 0.0667. The van der Waals surface area contributed by atoms with Gasteiger partial charge in [0.2, 0.25) is 0 Å². The first-order valence-corrected chi connectivity index (χ1v) is 6.41. The monoisotopic (exact) mass is 279 g/mol. The molecule has 2 aromatic heterocycles. The Hall–Kier alpha value is -3.02. The molecule has 21 heavy (non-hydrogen) atoms. The van der Waals surface area contributed by atoms with Crippen LogP contribution in [0.1, 0.15) is 10.4 Å². The smallest absolute Gasteiger partial charge is 0.257 e. The lowest BCUT2D eigenvalue weighted by Gasteiger charge is -2.10. The van der Waals surface area contributed by atoms with Gasteiger partial charge >= 0.3 is 0 Å². The van der Waals surface area contributed by atoms with Crippen LogP contribution >= 0.6 is 0 Å². The molecule has 0 aliphatic heterocycles. The van der Waals surface area contributed by atoms with Crippen molar-refractivity contribution in [3.63, 3.8) is 0 Å². The Morgan fingerprint density at radius 1 is 1.05 bits per heavy atom. The second-order valence-corrected chi connectivity index (χ2v) is 4.40. The van der Waals surface area contributed by atoms with Gasteiger partial charge in [-0.15, -0.1) is 0 Å². The average molecular weight is 279 g/mol. The molecule has 104 valence electrons. The van der Waals surface area contributed by atoms with Gasteiger partial charge in [0.25, 0.3) is 5.91 Å². The first-order chi connectivity index (χ1) is 10.3. The number of carbonyl (C=O) groups excluding carboxylic acids is 1. The average Bonchev–Trinajstić information content (AvgIpc) is 2.54. The molecule has 1 aromatic carbocycles. The predicted octanol–water partition coefficient (Wildman–Crippen LogP) is 2.32. The van der Waals surface area contributed by atoms with E-state index in [1.165, 1.54) is 6.33 Å². The fourth-order valence-electron chi connectivity index (χ4n) is 2.13. The van der Waals surface area contributed by atoms with Crippen molar-refractivity contribution >= 4 is 28.2 Å². The van der Waals surface area contributed by atoms with Crippen LogP contribution in [0.4, 0.5) is 11.5 Å². The predicted molar refractivity (Wildman–Crippen MR) is 81.3 cm³/mol. The Bertz CT molecular complexity index is 788. The van der Waals surface area contributed by atoms with E-state index in [-0.39, 0.29) is 5.91 Å². The van der Waals surface area contributed by atoms with Gasteiger partial charge in [-0.2, -0.15) is 0 Å². The van der Waals surface area contributed by atoms with E-state index in [4.69, 9.17) is 0 Å². The van der Waals surface area contributed by atoms with Crippen LogP contribution in [0.5, 0.6) is 0 Å². The minimum atomic E-state index is -0.240. The van der Waals surface area contributed by atoms with Crippen molar-refractivity contribution < 1.29 is 4.79 Å². The normalized spacial score (nSPS) is 10.3. The molecule has 0 fully saturated rings. The Morgan fingerprint density at radius 3 is 2.48 bits per heavy atom. The van der Waals surface area contributed by atoms with Crippen molar-refractivity contribution in [1.29, 1.82) is 0 Å². The van der Waals surface area contributed by atoms with Gasteiger partial charge in [-0.25, -0.2) is 15.0 Å². The highest BCUT2D eigenvalue weighted by atomic mass is 16.1. The maximum Gasteiger partial charge on any atom is 0.257 e. The fourth-order valence-corrected chi connectivity index (χ4v) is 2.13. The summed E-state index contributed by atoms with van der Waals surface area (Å²) in [5, 5.41) is 7.53. The van der Waals surface area contributed by atoms with Crippen molar-refractivity contribution in [3.05, 3.63) is 54.7 Å². The first kappa shape index (κ1) is 13.0. The molecule has 0 saturated heterocycles. The Labute approximate surface area is 121 Å². The SMILES string of the molecule is CNc1ncc(C(=O)Nc2cncnc2)c2ccccc12. The summed E-state index contributed by atoms with van der Waals surface area (Å²) in [7, 11) is 1.80. The van der Waals surface area contributed by atoms with E-state index in [0.717, 1.165) is 16.6 Å². The number of rotatable bonds is 3. The Balaban J connectivity index is 2.03. The van der Waals surface area contributed by atoms with Crippen LogP contribution in [0.25, 0.3) is 10.8 Å². The summed E-state index contributed by atoms with van der Waals surface area (Å²) < 4.78 is 0.